The van der Waals surface area contributed by atoms with Crippen LogP contribution in [0.5, 0.6) is 0 Å². The molecule has 0 heterocycles. The lowest BCUT2D eigenvalue weighted by molar-refractivity contribution is 0.203. The fourth-order valence-corrected chi connectivity index (χ4v) is 0.834. The lowest BCUT2D eigenvalue weighted by Crippen LogP contribution is -1.88. The second kappa shape index (κ2) is 3.46. The number of allylic oxidation sites excluding steroid dienone is 3. The largest absolute Gasteiger partial charge is 0.384 e. The van der Waals surface area contributed by atoms with Gasteiger partial charge in [0.15, 0.2) is 0 Å². The minimum absolute atomic E-state index is 0.812. The summed E-state index contributed by atoms with van der Waals surface area (Å²) in [6.07, 6.45) is 9.44. The van der Waals surface area contributed by atoms with E-state index in [-0.39, 0.29) is 0 Å². The van der Waals surface area contributed by atoms with Crippen molar-refractivity contribution in [3.05, 3.63) is 23.8 Å². The summed E-state index contributed by atoms with van der Waals surface area (Å²) >= 11 is 0. The summed E-state index contributed by atoms with van der Waals surface area (Å²) in [7, 11) is 1.72. The molecule has 0 aromatic heterocycles. The minimum Gasteiger partial charge on any atom is -0.384 e. The molecule has 0 fully saturated rings. The minimum atomic E-state index is 0.812. The normalized spacial score (nSPS) is 16.3. The molecule has 1 radical (unpaired) electrons. The first kappa shape index (κ1) is 6.56. The molecule has 0 N–H and O–H groups in total. The zero-order chi connectivity index (χ0) is 6.53. The van der Waals surface area contributed by atoms with Crippen molar-refractivity contribution < 1.29 is 4.74 Å². The third kappa shape index (κ3) is 2.02. The van der Waals surface area contributed by atoms with E-state index in [0.29, 0.717) is 0 Å². The maximum atomic E-state index is 4.91. The van der Waals surface area contributed by atoms with E-state index in [1.54, 1.807) is 7.11 Å². The van der Waals surface area contributed by atoms with E-state index in [1.165, 1.54) is 5.57 Å². The molecule has 1 heteroatoms. The lowest BCUT2D eigenvalue weighted by Gasteiger charge is -1.95. The Hall–Kier alpha value is -0.560. The molecule has 1 aliphatic carbocycles. The molecule has 0 aliphatic heterocycles. The van der Waals surface area contributed by atoms with Gasteiger partial charge in [0, 0.05) is 7.11 Å². The Morgan fingerprint density at radius 2 is 2.67 bits per heavy atom. The Labute approximate surface area is 56.0 Å². The first-order chi connectivity index (χ1) is 4.43. The van der Waals surface area contributed by atoms with E-state index < -0.39 is 0 Å². The second-order valence-electron chi connectivity index (χ2n) is 2.05. The highest BCUT2D eigenvalue weighted by molar-refractivity contribution is 5.21. The van der Waals surface area contributed by atoms with Crippen LogP contribution in [-0.4, -0.2) is 13.7 Å². The monoisotopic (exact) mass is 123 g/mol. The van der Waals surface area contributed by atoms with Crippen LogP contribution in [0, 0.1) is 6.08 Å². The van der Waals surface area contributed by atoms with Gasteiger partial charge in [-0.05, 0) is 24.5 Å². The summed E-state index contributed by atoms with van der Waals surface area (Å²) in [5.74, 6) is 0. The van der Waals surface area contributed by atoms with E-state index in [4.69, 9.17) is 4.74 Å². The molecule has 0 aromatic rings. The Bertz CT molecular complexity index is 134. The zero-order valence-electron chi connectivity index (χ0n) is 5.68. The Balaban J connectivity index is 2.19. The zero-order valence-corrected chi connectivity index (χ0v) is 5.68. The van der Waals surface area contributed by atoms with Crippen molar-refractivity contribution in [3.8, 4) is 0 Å². The predicted octanol–water partition coefficient (Wildman–Crippen LogP) is 1.71. The lowest BCUT2D eigenvalue weighted by atomic mass is 10.2. The second-order valence-corrected chi connectivity index (χ2v) is 2.05. The quantitative estimate of drug-likeness (QED) is 0.555. The van der Waals surface area contributed by atoms with Crippen molar-refractivity contribution in [1.82, 2.24) is 0 Å². The third-order valence-electron chi connectivity index (χ3n) is 1.34. The molecule has 0 spiro atoms. The fraction of sp³-hybridized carbons (Fsp3) is 0.500. The van der Waals surface area contributed by atoms with E-state index in [2.05, 4.69) is 18.2 Å². The molecule has 0 saturated heterocycles. The summed E-state index contributed by atoms with van der Waals surface area (Å²) in [5.41, 5.74) is 1.29. The molecule has 49 valence electrons. The summed E-state index contributed by atoms with van der Waals surface area (Å²) in [6, 6.07) is 0. The van der Waals surface area contributed by atoms with Crippen LogP contribution in [0.15, 0.2) is 17.7 Å². The Morgan fingerprint density at radius 1 is 1.78 bits per heavy atom. The smallest absolute Gasteiger partial charge is 0.0502 e. The van der Waals surface area contributed by atoms with Gasteiger partial charge in [-0.1, -0.05) is 12.2 Å². The van der Waals surface area contributed by atoms with Crippen molar-refractivity contribution in [1.29, 1.82) is 0 Å². The molecule has 9 heavy (non-hydrogen) atoms. The highest BCUT2D eigenvalue weighted by atomic mass is 16.5. The average Bonchev–Trinajstić information content (AvgIpc) is 2.34. The van der Waals surface area contributed by atoms with Crippen molar-refractivity contribution >= 4 is 0 Å². The maximum absolute atomic E-state index is 4.91. The van der Waals surface area contributed by atoms with Gasteiger partial charge >= 0.3 is 0 Å². The molecule has 0 amide bonds. The van der Waals surface area contributed by atoms with Gasteiger partial charge in [0.25, 0.3) is 0 Å². The first-order valence-corrected chi connectivity index (χ1v) is 3.18. The van der Waals surface area contributed by atoms with Gasteiger partial charge in [-0.3, -0.25) is 0 Å². The van der Waals surface area contributed by atoms with Crippen molar-refractivity contribution in [3.63, 3.8) is 0 Å². The highest BCUT2D eigenvalue weighted by Crippen LogP contribution is 2.10. The van der Waals surface area contributed by atoms with Gasteiger partial charge < -0.3 is 4.74 Å². The fourth-order valence-electron chi connectivity index (χ4n) is 0.834. The van der Waals surface area contributed by atoms with Crippen LogP contribution < -0.4 is 0 Å². The van der Waals surface area contributed by atoms with Crippen LogP contribution >= 0.6 is 0 Å². The summed E-state index contributed by atoms with van der Waals surface area (Å²) in [4.78, 5) is 0. The predicted molar refractivity (Wildman–Crippen MR) is 37.0 cm³/mol. The van der Waals surface area contributed by atoms with E-state index in [9.17, 15) is 0 Å². The highest BCUT2D eigenvalue weighted by Gasteiger charge is 1.95. The standard InChI is InChI=1S/C8H11O/c1-9-7-6-8-4-2-3-5-8/h2,4H,3,6-7H2,1H3. The number of ether oxygens (including phenoxy) is 1. The number of rotatable bonds is 3. The Kier molecular flexibility index (Phi) is 2.52. The third-order valence-corrected chi connectivity index (χ3v) is 1.34. The molecule has 1 rings (SSSR count). The van der Waals surface area contributed by atoms with E-state index >= 15 is 0 Å². The average molecular weight is 123 g/mol. The van der Waals surface area contributed by atoms with Gasteiger partial charge in [0.05, 0.1) is 6.61 Å². The molecule has 0 unspecified atom stereocenters. The molecule has 0 saturated carbocycles. The van der Waals surface area contributed by atoms with Gasteiger partial charge in [0.2, 0.25) is 0 Å². The number of hydrogen-bond donors (Lipinski definition) is 0. The SMILES string of the molecule is COCCC1=[C]CC=C1. The van der Waals surface area contributed by atoms with E-state index in [0.717, 1.165) is 19.4 Å². The van der Waals surface area contributed by atoms with Gasteiger partial charge in [0.1, 0.15) is 0 Å². The van der Waals surface area contributed by atoms with Gasteiger partial charge in [-0.15, -0.1) is 0 Å². The van der Waals surface area contributed by atoms with Crippen LogP contribution in [0.3, 0.4) is 0 Å². The number of hydrogen-bond acceptors (Lipinski definition) is 1. The molecular formula is C8H11O. The van der Waals surface area contributed by atoms with Crippen LogP contribution in [0.4, 0.5) is 0 Å². The number of methoxy groups -OCH3 is 1. The molecule has 0 bridgehead atoms. The summed E-state index contributed by atoms with van der Waals surface area (Å²) in [5, 5.41) is 0. The van der Waals surface area contributed by atoms with Crippen LogP contribution in [0.1, 0.15) is 12.8 Å². The van der Waals surface area contributed by atoms with Crippen LogP contribution in [0.2, 0.25) is 0 Å². The summed E-state index contributed by atoms with van der Waals surface area (Å²) < 4.78 is 4.91. The maximum Gasteiger partial charge on any atom is 0.0502 e. The van der Waals surface area contributed by atoms with Crippen LogP contribution in [-0.2, 0) is 4.74 Å². The topological polar surface area (TPSA) is 9.23 Å². The summed E-state index contributed by atoms with van der Waals surface area (Å²) in [6.45, 7) is 0.812. The molecule has 1 nitrogen and oxygen atoms in total. The molecule has 0 atom stereocenters. The molecule has 1 aliphatic rings. The van der Waals surface area contributed by atoms with Crippen LogP contribution in [0.25, 0.3) is 0 Å². The van der Waals surface area contributed by atoms with E-state index in [1.807, 2.05) is 0 Å². The Morgan fingerprint density at radius 3 is 3.22 bits per heavy atom. The van der Waals surface area contributed by atoms with Gasteiger partial charge in [-0.25, -0.2) is 0 Å². The molecular weight excluding hydrogens is 112 g/mol. The van der Waals surface area contributed by atoms with Crippen molar-refractivity contribution in [2.45, 2.75) is 12.8 Å². The van der Waals surface area contributed by atoms with Crippen molar-refractivity contribution in [2.75, 3.05) is 13.7 Å². The van der Waals surface area contributed by atoms with Gasteiger partial charge in [-0.2, -0.15) is 0 Å². The van der Waals surface area contributed by atoms with Crippen molar-refractivity contribution in [2.24, 2.45) is 0 Å². The first-order valence-electron chi connectivity index (χ1n) is 3.18. The molecule has 0 aromatic carbocycles.